The third-order valence-electron chi connectivity index (χ3n) is 5.17. The first-order chi connectivity index (χ1) is 10.6. The van der Waals surface area contributed by atoms with Gasteiger partial charge in [0.1, 0.15) is 5.54 Å². The van der Waals surface area contributed by atoms with Crippen LogP contribution in [0.15, 0.2) is 18.5 Å². The van der Waals surface area contributed by atoms with Crippen molar-refractivity contribution in [2.24, 2.45) is 0 Å². The molecule has 1 aromatic heterocycles. The highest BCUT2D eigenvalue weighted by Crippen LogP contribution is 2.28. The highest BCUT2D eigenvalue weighted by atomic mass is 35.5. The van der Waals surface area contributed by atoms with Crippen LogP contribution in [0.1, 0.15) is 32.6 Å². The standard InChI is InChI=1S/C16H27N5O.2ClH/c1-13(20(2)14-4-5-14)12-18-15(22)16(6-9-17-10-7-16)21-11-3-8-19-21;;/h3,8,11,13-14,17H,4-7,9-10,12H2,1-2H3,(H,18,22);2*1H. The van der Waals surface area contributed by atoms with Gasteiger partial charge in [0.15, 0.2) is 0 Å². The quantitative estimate of drug-likeness (QED) is 0.786. The summed E-state index contributed by atoms with van der Waals surface area (Å²) < 4.78 is 1.85. The second-order valence-electron chi connectivity index (χ2n) is 6.69. The van der Waals surface area contributed by atoms with Crippen LogP contribution in [0.4, 0.5) is 0 Å². The van der Waals surface area contributed by atoms with E-state index >= 15 is 0 Å². The van der Waals surface area contributed by atoms with Gasteiger partial charge < -0.3 is 10.6 Å². The summed E-state index contributed by atoms with van der Waals surface area (Å²) >= 11 is 0. The van der Waals surface area contributed by atoms with Crippen LogP contribution in [0.5, 0.6) is 0 Å². The lowest BCUT2D eigenvalue weighted by atomic mass is 9.87. The van der Waals surface area contributed by atoms with Crippen molar-refractivity contribution in [3.8, 4) is 0 Å². The molecule has 1 aromatic rings. The summed E-state index contributed by atoms with van der Waals surface area (Å²) in [7, 11) is 2.16. The van der Waals surface area contributed by atoms with Crippen molar-refractivity contribution in [1.82, 2.24) is 25.3 Å². The Morgan fingerprint density at radius 3 is 2.62 bits per heavy atom. The monoisotopic (exact) mass is 377 g/mol. The first-order valence-corrected chi connectivity index (χ1v) is 8.34. The molecule has 2 aliphatic rings. The van der Waals surface area contributed by atoms with Crippen LogP contribution in [0.25, 0.3) is 0 Å². The topological polar surface area (TPSA) is 62.2 Å². The molecule has 8 heteroatoms. The van der Waals surface area contributed by atoms with Crippen LogP contribution >= 0.6 is 24.8 Å². The molecule has 0 radical (unpaired) electrons. The van der Waals surface area contributed by atoms with E-state index in [1.165, 1.54) is 12.8 Å². The van der Waals surface area contributed by atoms with Crippen LogP contribution in [0, 0.1) is 0 Å². The van der Waals surface area contributed by atoms with Gasteiger partial charge in [-0.3, -0.25) is 14.4 Å². The number of rotatable bonds is 6. The average molecular weight is 378 g/mol. The molecule has 2 fully saturated rings. The molecule has 0 aromatic carbocycles. The average Bonchev–Trinajstić information content (AvgIpc) is 3.25. The van der Waals surface area contributed by atoms with Crippen LogP contribution in [-0.4, -0.2) is 59.4 Å². The maximum absolute atomic E-state index is 12.9. The molecule has 6 nitrogen and oxygen atoms in total. The Bertz CT molecular complexity index is 501. The fourth-order valence-corrected chi connectivity index (χ4v) is 3.31. The van der Waals surface area contributed by atoms with E-state index in [4.69, 9.17) is 0 Å². The number of nitrogens with one attached hydrogen (secondary N) is 2. The molecule has 0 spiro atoms. The lowest BCUT2D eigenvalue weighted by Gasteiger charge is -2.37. The molecular formula is C16H29Cl2N5O. The normalized spacial score (nSPS) is 20.6. The predicted octanol–water partition coefficient (Wildman–Crippen LogP) is 1.40. The smallest absolute Gasteiger partial charge is 0.248 e. The zero-order chi connectivity index (χ0) is 15.6. The number of hydrogen-bond donors (Lipinski definition) is 2. The molecule has 138 valence electrons. The van der Waals surface area contributed by atoms with Crippen molar-refractivity contribution in [3.63, 3.8) is 0 Å². The first kappa shape index (κ1) is 21.2. The minimum absolute atomic E-state index is 0. The summed E-state index contributed by atoms with van der Waals surface area (Å²) in [6.07, 6.45) is 7.81. The van der Waals surface area contributed by atoms with E-state index in [1.54, 1.807) is 6.20 Å². The molecule has 1 aliphatic heterocycles. The van der Waals surface area contributed by atoms with Gasteiger partial charge in [0.25, 0.3) is 0 Å². The van der Waals surface area contributed by atoms with Crippen molar-refractivity contribution >= 4 is 30.7 Å². The Labute approximate surface area is 156 Å². The van der Waals surface area contributed by atoms with Crippen molar-refractivity contribution in [2.75, 3.05) is 26.7 Å². The molecule has 2 N–H and O–H groups in total. The van der Waals surface area contributed by atoms with E-state index in [1.807, 2.05) is 16.9 Å². The summed E-state index contributed by atoms with van der Waals surface area (Å²) in [4.78, 5) is 15.3. The number of aromatic nitrogens is 2. The number of likely N-dealkylation sites (N-methyl/N-ethyl adjacent to an activating group) is 1. The second kappa shape index (κ2) is 9.04. The molecule has 2 heterocycles. The maximum Gasteiger partial charge on any atom is 0.248 e. The number of carbonyl (C=O) groups excluding carboxylic acids is 1. The zero-order valence-electron chi connectivity index (χ0n) is 14.4. The molecule has 1 aliphatic carbocycles. The Balaban J connectivity index is 0.00000144. The molecule has 3 rings (SSSR count). The summed E-state index contributed by atoms with van der Waals surface area (Å²) in [6, 6.07) is 2.97. The molecule has 0 bridgehead atoms. The summed E-state index contributed by atoms with van der Waals surface area (Å²) in [5, 5.41) is 10.9. The molecule has 1 saturated carbocycles. The van der Waals surface area contributed by atoms with Crippen molar-refractivity contribution in [3.05, 3.63) is 18.5 Å². The summed E-state index contributed by atoms with van der Waals surface area (Å²) in [5.74, 6) is 0.105. The van der Waals surface area contributed by atoms with E-state index in [0.29, 0.717) is 18.6 Å². The lowest BCUT2D eigenvalue weighted by Crippen LogP contribution is -2.56. The molecule has 1 atom stereocenters. The number of amides is 1. The Morgan fingerprint density at radius 1 is 1.42 bits per heavy atom. The van der Waals surface area contributed by atoms with Crippen LogP contribution in [-0.2, 0) is 10.3 Å². The number of halogens is 2. The van der Waals surface area contributed by atoms with E-state index in [0.717, 1.165) is 25.9 Å². The van der Waals surface area contributed by atoms with Crippen LogP contribution in [0.2, 0.25) is 0 Å². The molecule has 1 saturated heterocycles. The van der Waals surface area contributed by atoms with Gasteiger partial charge in [-0.2, -0.15) is 5.10 Å². The van der Waals surface area contributed by atoms with Gasteiger partial charge in [-0.15, -0.1) is 24.8 Å². The highest BCUT2D eigenvalue weighted by molar-refractivity contribution is 5.85. The van der Waals surface area contributed by atoms with E-state index in [9.17, 15) is 4.79 Å². The van der Waals surface area contributed by atoms with Crippen LogP contribution < -0.4 is 10.6 Å². The SMILES string of the molecule is CC(CNC(=O)C1(n2cccn2)CCNCC1)N(C)C1CC1.Cl.Cl. The largest absolute Gasteiger partial charge is 0.352 e. The van der Waals surface area contributed by atoms with E-state index in [2.05, 4.69) is 34.6 Å². The Morgan fingerprint density at radius 2 is 2.08 bits per heavy atom. The Kier molecular flexibility index (Phi) is 7.99. The fraction of sp³-hybridized carbons (Fsp3) is 0.750. The molecule has 1 unspecified atom stereocenters. The first-order valence-electron chi connectivity index (χ1n) is 8.34. The lowest BCUT2D eigenvalue weighted by molar-refractivity contribution is -0.132. The number of nitrogens with zero attached hydrogens (tertiary/aromatic N) is 3. The van der Waals surface area contributed by atoms with Gasteiger partial charge in [-0.25, -0.2) is 0 Å². The van der Waals surface area contributed by atoms with Gasteiger partial charge in [0.2, 0.25) is 5.91 Å². The fourth-order valence-electron chi connectivity index (χ4n) is 3.31. The number of piperidine rings is 1. The van der Waals surface area contributed by atoms with Crippen LogP contribution in [0.3, 0.4) is 0 Å². The zero-order valence-corrected chi connectivity index (χ0v) is 16.0. The van der Waals surface area contributed by atoms with E-state index in [-0.39, 0.29) is 30.7 Å². The second-order valence-corrected chi connectivity index (χ2v) is 6.69. The van der Waals surface area contributed by atoms with Crippen molar-refractivity contribution in [2.45, 2.75) is 50.2 Å². The number of hydrogen-bond acceptors (Lipinski definition) is 4. The van der Waals surface area contributed by atoms with E-state index < -0.39 is 5.54 Å². The summed E-state index contributed by atoms with van der Waals surface area (Å²) in [5.41, 5.74) is -0.535. The molecule has 1 amide bonds. The van der Waals surface area contributed by atoms with Gasteiger partial charge in [-0.1, -0.05) is 0 Å². The van der Waals surface area contributed by atoms with Gasteiger partial charge >= 0.3 is 0 Å². The highest BCUT2D eigenvalue weighted by Gasteiger charge is 2.42. The van der Waals surface area contributed by atoms with Gasteiger partial charge in [0, 0.05) is 31.0 Å². The van der Waals surface area contributed by atoms with Gasteiger partial charge in [0.05, 0.1) is 0 Å². The predicted molar refractivity (Wildman–Crippen MR) is 100 cm³/mol. The minimum atomic E-state index is -0.535. The number of carbonyl (C=O) groups is 1. The molecular weight excluding hydrogens is 349 g/mol. The van der Waals surface area contributed by atoms with Gasteiger partial charge in [-0.05, 0) is 58.8 Å². The maximum atomic E-state index is 12.9. The summed E-state index contributed by atoms with van der Waals surface area (Å²) in [6.45, 7) is 4.58. The third kappa shape index (κ3) is 4.42. The van der Waals surface area contributed by atoms with Crippen molar-refractivity contribution < 1.29 is 4.79 Å². The molecule has 24 heavy (non-hydrogen) atoms. The third-order valence-corrected chi connectivity index (χ3v) is 5.17. The van der Waals surface area contributed by atoms with Crippen molar-refractivity contribution in [1.29, 1.82) is 0 Å². The Hall–Kier alpha value is -0.820. The minimum Gasteiger partial charge on any atom is -0.352 e.